The Morgan fingerprint density at radius 2 is 1.79 bits per heavy atom. The van der Waals surface area contributed by atoms with Gasteiger partial charge in [0.2, 0.25) is 21.9 Å². The molecule has 29 heavy (non-hydrogen) atoms. The minimum Gasteiger partial charge on any atom is -0.497 e. The van der Waals surface area contributed by atoms with Crippen molar-refractivity contribution >= 4 is 33.7 Å². The van der Waals surface area contributed by atoms with Crippen LogP contribution < -0.4 is 14.8 Å². The highest BCUT2D eigenvalue weighted by Gasteiger charge is 2.15. The summed E-state index contributed by atoms with van der Waals surface area (Å²) >= 11 is 1.35. The van der Waals surface area contributed by atoms with E-state index in [1.807, 2.05) is 38.1 Å². The van der Waals surface area contributed by atoms with Crippen LogP contribution in [0, 0.1) is 5.92 Å². The zero-order valence-corrected chi connectivity index (χ0v) is 18.5. The third-order valence-corrected chi connectivity index (χ3v) is 5.20. The van der Waals surface area contributed by atoms with E-state index in [0.717, 1.165) is 17.6 Å². The van der Waals surface area contributed by atoms with Gasteiger partial charge < -0.3 is 15.2 Å². The first kappa shape index (κ1) is 23.2. The van der Waals surface area contributed by atoms with Crippen molar-refractivity contribution < 1.29 is 18.3 Å². The van der Waals surface area contributed by atoms with Crippen LogP contribution in [0.25, 0.3) is 0 Å². The van der Waals surface area contributed by atoms with Crippen LogP contribution in [0.4, 0.5) is 11.9 Å². The highest BCUT2D eigenvalue weighted by molar-refractivity contribution is 7.98. The third-order valence-electron chi connectivity index (χ3n) is 3.73. The first-order chi connectivity index (χ1) is 13.7. The van der Waals surface area contributed by atoms with Crippen molar-refractivity contribution in [3.05, 3.63) is 29.8 Å². The fourth-order valence-corrected chi connectivity index (χ4v) is 3.71. The lowest BCUT2D eigenvalue weighted by molar-refractivity contribution is 0.259. The van der Waals surface area contributed by atoms with Crippen LogP contribution in [0.2, 0.25) is 0 Å². The van der Waals surface area contributed by atoms with Gasteiger partial charge in [-0.3, -0.25) is 4.72 Å². The number of benzene rings is 1. The van der Waals surface area contributed by atoms with Crippen LogP contribution in [-0.2, 0) is 15.8 Å². The second kappa shape index (κ2) is 10.6. The van der Waals surface area contributed by atoms with E-state index in [-0.39, 0.29) is 24.5 Å². The average molecular weight is 442 g/mol. The molecule has 1 aromatic carbocycles. The van der Waals surface area contributed by atoms with E-state index in [4.69, 9.17) is 4.74 Å². The Bertz CT molecular complexity index is 892. The molecule has 160 valence electrons. The van der Waals surface area contributed by atoms with Crippen LogP contribution in [0.5, 0.6) is 5.75 Å². The van der Waals surface area contributed by atoms with Crippen molar-refractivity contribution in [3.8, 4) is 5.75 Å². The number of aliphatic hydroxyl groups excluding tert-OH is 1. The van der Waals surface area contributed by atoms with Gasteiger partial charge in [-0.1, -0.05) is 37.7 Å². The van der Waals surface area contributed by atoms with E-state index in [9.17, 15) is 13.5 Å². The van der Waals surface area contributed by atoms with E-state index in [1.54, 1.807) is 7.11 Å². The zero-order chi connectivity index (χ0) is 21.4. The van der Waals surface area contributed by atoms with Crippen LogP contribution >= 0.6 is 11.8 Å². The number of nitrogens with one attached hydrogen (secondary N) is 2. The minimum absolute atomic E-state index is 0.0662. The molecule has 0 aliphatic rings. The smallest absolute Gasteiger partial charge is 0.242 e. The highest BCUT2D eigenvalue weighted by Crippen LogP contribution is 2.23. The molecule has 0 saturated heterocycles. The number of hydrogen-bond donors (Lipinski definition) is 3. The summed E-state index contributed by atoms with van der Waals surface area (Å²) in [5, 5.41) is 13.0. The second-order valence-electron chi connectivity index (χ2n) is 6.93. The molecule has 11 heteroatoms. The molecule has 1 atom stereocenters. The molecule has 9 nitrogen and oxygen atoms in total. The summed E-state index contributed by atoms with van der Waals surface area (Å²) in [5.41, 5.74) is 1.04. The predicted molar refractivity (Wildman–Crippen MR) is 115 cm³/mol. The number of aliphatic hydroxyl groups is 1. The number of rotatable bonds is 11. The number of sulfonamides is 1. The number of ether oxygens (including phenoxy) is 1. The van der Waals surface area contributed by atoms with Crippen molar-refractivity contribution in [1.82, 2.24) is 15.0 Å². The molecule has 1 heterocycles. The number of thioether (sulfide) groups is 1. The van der Waals surface area contributed by atoms with Crippen LogP contribution in [0.3, 0.4) is 0 Å². The number of aromatic nitrogens is 3. The topological polar surface area (TPSA) is 126 Å². The SMILES string of the molecule is COc1ccc(CSc2nc(N[C@@H](CO)CC(C)C)nc(NS(C)(=O)=O)n2)cc1. The molecular formula is C18H27N5O4S2. The molecule has 0 spiro atoms. The highest BCUT2D eigenvalue weighted by atomic mass is 32.2. The Morgan fingerprint density at radius 1 is 1.14 bits per heavy atom. The Balaban J connectivity index is 2.20. The Morgan fingerprint density at radius 3 is 2.34 bits per heavy atom. The molecule has 3 N–H and O–H groups in total. The second-order valence-corrected chi connectivity index (χ2v) is 9.62. The fraction of sp³-hybridized carbons (Fsp3) is 0.500. The molecule has 0 unspecified atom stereocenters. The van der Waals surface area contributed by atoms with Gasteiger partial charge >= 0.3 is 0 Å². The normalized spacial score (nSPS) is 12.6. The molecule has 0 amide bonds. The monoisotopic (exact) mass is 441 g/mol. The molecule has 0 saturated carbocycles. The van der Waals surface area contributed by atoms with Crippen molar-refractivity contribution in [2.75, 3.05) is 30.0 Å². The predicted octanol–water partition coefficient (Wildman–Crippen LogP) is 2.36. The van der Waals surface area contributed by atoms with Gasteiger partial charge in [0, 0.05) is 5.75 Å². The summed E-state index contributed by atoms with van der Waals surface area (Å²) < 4.78 is 30.6. The molecule has 2 aromatic rings. The zero-order valence-electron chi connectivity index (χ0n) is 16.9. The molecular weight excluding hydrogens is 414 g/mol. The van der Waals surface area contributed by atoms with E-state index < -0.39 is 10.0 Å². The van der Waals surface area contributed by atoms with Crippen molar-refractivity contribution in [1.29, 1.82) is 0 Å². The summed E-state index contributed by atoms with van der Waals surface area (Å²) in [4.78, 5) is 12.7. The molecule has 0 aliphatic heterocycles. The standard InChI is InChI=1S/C18H27N5O4S2/c1-12(2)9-14(10-24)19-16-20-17(23-29(4,25)26)22-18(21-16)28-11-13-5-7-15(27-3)8-6-13/h5-8,12,14,24H,9-11H2,1-4H3,(H2,19,20,21,22,23)/t14-/m1/s1. The van der Waals surface area contributed by atoms with Gasteiger partial charge in [0.25, 0.3) is 0 Å². The van der Waals surface area contributed by atoms with E-state index in [0.29, 0.717) is 23.2 Å². The summed E-state index contributed by atoms with van der Waals surface area (Å²) in [6, 6.07) is 7.36. The summed E-state index contributed by atoms with van der Waals surface area (Å²) in [7, 11) is -1.93. The lowest BCUT2D eigenvalue weighted by Gasteiger charge is -2.18. The Hall–Kier alpha value is -2.11. The quantitative estimate of drug-likeness (QED) is 0.450. The maximum Gasteiger partial charge on any atom is 0.242 e. The maximum atomic E-state index is 11.6. The molecule has 0 aliphatic carbocycles. The lowest BCUT2D eigenvalue weighted by Crippen LogP contribution is -2.27. The van der Waals surface area contributed by atoms with E-state index in [2.05, 4.69) is 25.0 Å². The number of methoxy groups -OCH3 is 1. The minimum atomic E-state index is -3.54. The number of hydrogen-bond acceptors (Lipinski definition) is 9. The molecule has 0 radical (unpaired) electrons. The summed E-state index contributed by atoms with van der Waals surface area (Å²) in [6.07, 6.45) is 1.74. The van der Waals surface area contributed by atoms with Gasteiger partial charge in [-0.2, -0.15) is 15.0 Å². The van der Waals surface area contributed by atoms with E-state index in [1.165, 1.54) is 11.8 Å². The Kier molecular flexibility index (Phi) is 8.47. The summed E-state index contributed by atoms with van der Waals surface area (Å²) in [5.74, 6) is 1.86. The largest absolute Gasteiger partial charge is 0.497 e. The third kappa shape index (κ3) is 8.42. The summed E-state index contributed by atoms with van der Waals surface area (Å²) in [6.45, 7) is 4.00. The molecule has 2 rings (SSSR count). The van der Waals surface area contributed by atoms with Gasteiger partial charge in [-0.25, -0.2) is 8.42 Å². The lowest BCUT2D eigenvalue weighted by atomic mass is 10.0. The molecule has 0 bridgehead atoms. The Labute approximate surface area is 175 Å². The number of nitrogens with zero attached hydrogens (tertiary/aromatic N) is 3. The van der Waals surface area contributed by atoms with Crippen molar-refractivity contribution in [3.63, 3.8) is 0 Å². The number of anilines is 2. The van der Waals surface area contributed by atoms with Gasteiger partial charge in [0.15, 0.2) is 5.16 Å². The maximum absolute atomic E-state index is 11.6. The van der Waals surface area contributed by atoms with Crippen LogP contribution in [0.1, 0.15) is 25.8 Å². The molecule has 1 aromatic heterocycles. The van der Waals surface area contributed by atoms with Crippen LogP contribution in [-0.4, -0.2) is 54.5 Å². The average Bonchev–Trinajstić information content (AvgIpc) is 2.64. The van der Waals surface area contributed by atoms with Crippen LogP contribution in [0.15, 0.2) is 29.4 Å². The van der Waals surface area contributed by atoms with Gasteiger partial charge in [-0.05, 0) is 30.0 Å². The van der Waals surface area contributed by atoms with Crippen molar-refractivity contribution in [2.24, 2.45) is 5.92 Å². The first-order valence-corrected chi connectivity index (χ1v) is 11.9. The first-order valence-electron chi connectivity index (χ1n) is 9.05. The van der Waals surface area contributed by atoms with E-state index >= 15 is 0 Å². The van der Waals surface area contributed by atoms with Gasteiger partial charge in [0.05, 0.1) is 26.0 Å². The van der Waals surface area contributed by atoms with Gasteiger partial charge in [0.1, 0.15) is 5.75 Å². The molecule has 0 fully saturated rings. The fourth-order valence-electron chi connectivity index (χ4n) is 2.50. The van der Waals surface area contributed by atoms with Gasteiger partial charge in [-0.15, -0.1) is 0 Å². The van der Waals surface area contributed by atoms with Crippen molar-refractivity contribution in [2.45, 2.75) is 37.2 Å².